The molecule has 0 saturated carbocycles. The summed E-state index contributed by atoms with van der Waals surface area (Å²) in [5.74, 6) is 0.953. The Morgan fingerprint density at radius 3 is 2.81 bits per heavy atom. The fraction of sp³-hybridized carbons (Fsp3) is 0.318. The molecule has 0 aliphatic carbocycles. The third kappa shape index (κ3) is 3.55. The number of hydrogen-bond acceptors (Lipinski definition) is 3. The van der Waals surface area contributed by atoms with E-state index < -0.39 is 0 Å². The average Bonchev–Trinajstić information content (AvgIpc) is 3.24. The van der Waals surface area contributed by atoms with Crippen LogP contribution in [-0.2, 0) is 6.42 Å². The third-order valence-electron chi connectivity index (χ3n) is 5.25. The van der Waals surface area contributed by atoms with E-state index >= 15 is 0 Å². The standard InChI is InChI=1S/C22H22ClNO2/c1-15-4-3-10-24(15)11-9-20-14-18-12-17(7-8-21(18)26-20)22(25)16-5-2-6-19(23)13-16/h2,5-8,12-15H,3-4,9-11H2,1H3/t15-/m1/s1. The Labute approximate surface area is 158 Å². The molecule has 1 aromatic heterocycles. The molecule has 2 aromatic carbocycles. The topological polar surface area (TPSA) is 33.5 Å². The van der Waals surface area contributed by atoms with Crippen molar-refractivity contribution in [1.82, 2.24) is 4.90 Å². The molecule has 1 aliphatic rings. The summed E-state index contributed by atoms with van der Waals surface area (Å²) in [5, 5.41) is 1.54. The molecule has 0 radical (unpaired) electrons. The minimum absolute atomic E-state index is 0.0250. The summed E-state index contributed by atoms with van der Waals surface area (Å²) in [6.45, 7) is 4.49. The molecule has 0 unspecified atom stereocenters. The zero-order valence-corrected chi connectivity index (χ0v) is 15.6. The van der Waals surface area contributed by atoms with Crippen LogP contribution in [0.3, 0.4) is 0 Å². The molecular weight excluding hydrogens is 346 g/mol. The number of rotatable bonds is 5. The van der Waals surface area contributed by atoms with E-state index in [-0.39, 0.29) is 5.78 Å². The molecule has 0 N–H and O–H groups in total. The summed E-state index contributed by atoms with van der Waals surface area (Å²) in [7, 11) is 0. The first-order valence-electron chi connectivity index (χ1n) is 9.17. The maximum Gasteiger partial charge on any atom is 0.193 e. The van der Waals surface area contributed by atoms with Crippen molar-refractivity contribution in [3.63, 3.8) is 0 Å². The predicted molar refractivity (Wildman–Crippen MR) is 105 cm³/mol. The van der Waals surface area contributed by atoms with Crippen LogP contribution in [-0.4, -0.2) is 29.8 Å². The summed E-state index contributed by atoms with van der Waals surface area (Å²) in [5.41, 5.74) is 2.08. The van der Waals surface area contributed by atoms with E-state index in [1.165, 1.54) is 19.4 Å². The Balaban J connectivity index is 1.53. The molecule has 0 spiro atoms. The monoisotopic (exact) mass is 367 g/mol. The molecule has 1 atom stereocenters. The van der Waals surface area contributed by atoms with E-state index in [9.17, 15) is 4.79 Å². The van der Waals surface area contributed by atoms with Crippen molar-refractivity contribution in [3.8, 4) is 0 Å². The minimum Gasteiger partial charge on any atom is -0.461 e. The first kappa shape index (κ1) is 17.3. The Hall–Kier alpha value is -2.10. The third-order valence-corrected chi connectivity index (χ3v) is 5.49. The van der Waals surface area contributed by atoms with Gasteiger partial charge >= 0.3 is 0 Å². The molecule has 3 aromatic rings. The van der Waals surface area contributed by atoms with Crippen LogP contribution in [0.25, 0.3) is 11.0 Å². The molecule has 2 heterocycles. The molecule has 26 heavy (non-hydrogen) atoms. The van der Waals surface area contributed by atoms with Gasteiger partial charge in [0.05, 0.1) is 0 Å². The number of likely N-dealkylation sites (tertiary alicyclic amines) is 1. The quantitative estimate of drug-likeness (QED) is 0.570. The highest BCUT2D eigenvalue weighted by molar-refractivity contribution is 6.31. The van der Waals surface area contributed by atoms with Crippen molar-refractivity contribution in [1.29, 1.82) is 0 Å². The van der Waals surface area contributed by atoms with Gasteiger partial charge in [0.1, 0.15) is 11.3 Å². The lowest BCUT2D eigenvalue weighted by atomic mass is 10.0. The normalized spacial score (nSPS) is 17.8. The Bertz CT molecular complexity index is 946. The zero-order chi connectivity index (χ0) is 18.1. The van der Waals surface area contributed by atoms with E-state index in [4.69, 9.17) is 16.0 Å². The lowest BCUT2D eigenvalue weighted by molar-refractivity contribution is 0.103. The Morgan fingerprint density at radius 2 is 2.04 bits per heavy atom. The summed E-state index contributed by atoms with van der Waals surface area (Å²) >= 11 is 6.00. The molecule has 1 fully saturated rings. The van der Waals surface area contributed by atoms with Gasteiger partial charge in [-0.25, -0.2) is 0 Å². The maximum atomic E-state index is 12.7. The highest BCUT2D eigenvalue weighted by Gasteiger charge is 2.20. The highest BCUT2D eigenvalue weighted by Crippen LogP contribution is 2.24. The van der Waals surface area contributed by atoms with Gasteiger partial charge in [0.15, 0.2) is 5.78 Å². The molecule has 0 amide bonds. The van der Waals surface area contributed by atoms with Gasteiger partial charge in [-0.3, -0.25) is 4.79 Å². The number of nitrogens with zero attached hydrogens (tertiary/aromatic N) is 1. The number of ketones is 1. The second kappa shape index (κ2) is 7.26. The van der Waals surface area contributed by atoms with Crippen LogP contribution in [0.4, 0.5) is 0 Å². The lowest BCUT2D eigenvalue weighted by Crippen LogP contribution is -2.28. The Morgan fingerprint density at radius 1 is 1.19 bits per heavy atom. The van der Waals surface area contributed by atoms with Crippen LogP contribution in [0.2, 0.25) is 5.02 Å². The van der Waals surface area contributed by atoms with Gasteiger partial charge in [-0.1, -0.05) is 23.7 Å². The van der Waals surface area contributed by atoms with Crippen molar-refractivity contribution in [2.24, 2.45) is 0 Å². The molecule has 3 nitrogen and oxygen atoms in total. The predicted octanol–water partition coefficient (Wildman–Crippen LogP) is 5.34. The summed E-state index contributed by atoms with van der Waals surface area (Å²) in [6, 6.07) is 15.4. The maximum absolute atomic E-state index is 12.7. The zero-order valence-electron chi connectivity index (χ0n) is 14.9. The lowest BCUT2D eigenvalue weighted by Gasteiger charge is -2.19. The molecule has 4 rings (SSSR count). The number of halogens is 1. The van der Waals surface area contributed by atoms with E-state index in [2.05, 4.69) is 17.9 Å². The largest absolute Gasteiger partial charge is 0.461 e. The van der Waals surface area contributed by atoms with Gasteiger partial charge in [-0.2, -0.15) is 0 Å². The highest BCUT2D eigenvalue weighted by atomic mass is 35.5. The van der Waals surface area contributed by atoms with Crippen molar-refractivity contribution in [2.75, 3.05) is 13.1 Å². The smallest absolute Gasteiger partial charge is 0.193 e. The van der Waals surface area contributed by atoms with Crippen LogP contribution in [0.5, 0.6) is 0 Å². The number of fused-ring (bicyclic) bond motifs is 1. The van der Waals surface area contributed by atoms with Crippen LogP contribution >= 0.6 is 11.6 Å². The molecule has 134 valence electrons. The van der Waals surface area contributed by atoms with E-state index in [1.54, 1.807) is 24.3 Å². The molecule has 0 bridgehead atoms. The van der Waals surface area contributed by atoms with Crippen molar-refractivity contribution in [2.45, 2.75) is 32.2 Å². The molecular formula is C22H22ClNO2. The number of hydrogen-bond donors (Lipinski definition) is 0. The number of carbonyl (C=O) groups is 1. The number of benzene rings is 2. The second-order valence-corrected chi connectivity index (χ2v) is 7.52. The second-order valence-electron chi connectivity index (χ2n) is 7.08. The SMILES string of the molecule is C[C@@H]1CCCN1CCc1cc2cc(C(=O)c3cccc(Cl)c3)ccc2o1. The van der Waals surface area contributed by atoms with Crippen molar-refractivity contribution < 1.29 is 9.21 Å². The van der Waals surface area contributed by atoms with Crippen LogP contribution < -0.4 is 0 Å². The first-order chi connectivity index (χ1) is 12.6. The van der Waals surface area contributed by atoms with Gasteiger partial charge in [0.2, 0.25) is 0 Å². The van der Waals surface area contributed by atoms with Crippen molar-refractivity contribution in [3.05, 3.63) is 70.4 Å². The van der Waals surface area contributed by atoms with Crippen molar-refractivity contribution >= 4 is 28.4 Å². The summed E-state index contributed by atoms with van der Waals surface area (Å²) < 4.78 is 5.96. The molecule has 4 heteroatoms. The summed E-state index contributed by atoms with van der Waals surface area (Å²) in [6.07, 6.45) is 3.47. The molecule has 1 saturated heterocycles. The average molecular weight is 368 g/mol. The number of furan rings is 1. The van der Waals surface area contributed by atoms with Crippen LogP contribution in [0, 0.1) is 0 Å². The summed E-state index contributed by atoms with van der Waals surface area (Å²) in [4.78, 5) is 15.2. The van der Waals surface area contributed by atoms with E-state index in [1.807, 2.05) is 18.2 Å². The van der Waals surface area contributed by atoms with Gasteiger partial charge in [-0.05, 0) is 62.7 Å². The Kier molecular flexibility index (Phi) is 4.84. The van der Waals surface area contributed by atoms with Gasteiger partial charge in [0.25, 0.3) is 0 Å². The van der Waals surface area contributed by atoms with Crippen LogP contribution in [0.1, 0.15) is 41.4 Å². The fourth-order valence-corrected chi connectivity index (χ4v) is 3.93. The van der Waals surface area contributed by atoms with Gasteiger partial charge in [0, 0.05) is 40.5 Å². The van der Waals surface area contributed by atoms with Gasteiger partial charge in [-0.15, -0.1) is 0 Å². The van der Waals surface area contributed by atoms with E-state index in [0.717, 1.165) is 29.7 Å². The number of carbonyl (C=O) groups excluding carboxylic acids is 1. The first-order valence-corrected chi connectivity index (χ1v) is 9.55. The van der Waals surface area contributed by atoms with E-state index in [0.29, 0.717) is 22.2 Å². The fourth-order valence-electron chi connectivity index (χ4n) is 3.74. The van der Waals surface area contributed by atoms with Gasteiger partial charge < -0.3 is 9.32 Å². The minimum atomic E-state index is -0.0250. The van der Waals surface area contributed by atoms with Crippen LogP contribution in [0.15, 0.2) is 52.9 Å². The molecule has 1 aliphatic heterocycles.